The van der Waals surface area contributed by atoms with Crippen molar-refractivity contribution < 1.29 is 81.0 Å². The monoisotopic (exact) mass is 766 g/mol. The Morgan fingerprint density at radius 1 is 0.857 bits per heavy atom. The molecule has 2 N–H and O–H groups in total. The molecule has 0 unspecified atom stereocenters. The van der Waals surface area contributed by atoms with Gasteiger partial charge in [-0.3, -0.25) is 38.4 Å². The van der Waals surface area contributed by atoms with Crippen LogP contribution in [0.3, 0.4) is 0 Å². The maximum atomic E-state index is 14.0. The first-order valence-corrected chi connectivity index (χ1v) is 15.9. The molecule has 3 saturated heterocycles. The minimum atomic E-state index is -2.43. The van der Waals surface area contributed by atoms with Crippen LogP contribution in [-0.2, 0) is 81.0 Å². The van der Waals surface area contributed by atoms with Crippen molar-refractivity contribution in [1.82, 2.24) is 10.6 Å². The van der Waals surface area contributed by atoms with Crippen LogP contribution in [0.15, 0.2) is 0 Å². The van der Waals surface area contributed by atoms with Gasteiger partial charge in [0.05, 0.1) is 18.5 Å². The molecule has 274 valence electrons. The molecule has 3 fully saturated rings. The number of nitrogens with one attached hydrogen (secondary N) is 2. The van der Waals surface area contributed by atoms with Crippen LogP contribution in [0, 0.1) is 0 Å². The summed E-state index contributed by atoms with van der Waals surface area (Å²) in [6.45, 7) is 6.53. The van der Waals surface area contributed by atoms with Crippen LogP contribution in [0.1, 0.15) is 54.9 Å². The molecule has 11 atom stereocenters. The van der Waals surface area contributed by atoms with Gasteiger partial charge in [0.2, 0.25) is 5.91 Å². The van der Waals surface area contributed by atoms with E-state index in [1.165, 1.54) is 0 Å². The van der Waals surface area contributed by atoms with Crippen molar-refractivity contribution in [1.29, 1.82) is 0 Å². The van der Waals surface area contributed by atoms with E-state index in [2.05, 4.69) is 26.6 Å². The highest BCUT2D eigenvalue weighted by Gasteiger charge is 2.64. The molecule has 0 aromatic heterocycles. The van der Waals surface area contributed by atoms with Gasteiger partial charge < -0.3 is 53.3 Å². The number of hydrogen-bond acceptors (Lipinski definition) is 17. The molecule has 3 rings (SSSR count). The predicted octanol–water partition coefficient (Wildman–Crippen LogP) is -1.17. The highest BCUT2D eigenvalue weighted by Crippen LogP contribution is 2.42. The Kier molecular flexibility index (Phi) is 13.5. The topological polar surface area (TPSA) is 244 Å². The summed E-state index contributed by atoms with van der Waals surface area (Å²) in [5, 5.41) is 4.29. The third kappa shape index (κ3) is 10.3. The first-order chi connectivity index (χ1) is 22.8. The van der Waals surface area contributed by atoms with E-state index in [9.17, 15) is 38.4 Å². The normalized spacial score (nSPS) is 31.8. The van der Waals surface area contributed by atoms with Crippen LogP contribution in [-0.4, -0.2) is 126 Å². The van der Waals surface area contributed by atoms with Crippen molar-refractivity contribution in [3.63, 3.8) is 0 Å². The van der Waals surface area contributed by atoms with Gasteiger partial charge in [0.25, 0.3) is 11.7 Å². The van der Waals surface area contributed by atoms with E-state index in [1.807, 2.05) is 0 Å². The van der Waals surface area contributed by atoms with Gasteiger partial charge in [-0.2, -0.15) is 0 Å². The molecule has 0 aliphatic carbocycles. The van der Waals surface area contributed by atoms with Crippen LogP contribution in [0.25, 0.3) is 0 Å². The fraction of sp³-hybridized carbons (Fsp3) is 0.724. The molecule has 0 saturated carbocycles. The Bertz CT molecular complexity index is 1330. The van der Waals surface area contributed by atoms with Crippen LogP contribution in [0.2, 0.25) is 0 Å². The summed E-state index contributed by atoms with van der Waals surface area (Å²) in [5.74, 6) is -8.96. The number of morpholine rings is 1. The van der Waals surface area contributed by atoms with E-state index in [-0.39, 0.29) is 6.61 Å². The standard InChI is InChI=1S/C29H39BrN2O17/c1-11(33)31-21-18(43-14(4)36)8-29(48-25(21)23(45-16(6)38)19(44-15(5)37)9-41-12(2)34)28(40)32-22-26(49-29)24(46-17(7)39)20(47-27(22)30)10-42-13(3)35/h18-27H,8-10H2,1-7H3,(H,31,33)(H,32,40)/t18-,19-,20-,21+,22-,23-,24+,25+,26-,27+,29-/m1/s1. The van der Waals surface area contributed by atoms with Gasteiger partial charge in [-0.25, -0.2) is 0 Å². The highest BCUT2D eigenvalue weighted by atomic mass is 79.9. The molecule has 1 spiro atoms. The van der Waals surface area contributed by atoms with E-state index in [1.54, 1.807) is 0 Å². The number of rotatable bonds is 11. The number of ether oxygens (including phenoxy) is 9. The van der Waals surface area contributed by atoms with Crippen LogP contribution in [0.5, 0.6) is 0 Å². The van der Waals surface area contributed by atoms with E-state index in [0.717, 1.165) is 48.5 Å². The highest BCUT2D eigenvalue weighted by molar-refractivity contribution is 9.09. The minimum Gasteiger partial charge on any atom is -0.463 e. The second-order valence-corrected chi connectivity index (χ2v) is 12.3. The number of halogens is 1. The number of fused-ring (bicyclic) bond motifs is 1. The molecule has 3 aliphatic heterocycles. The van der Waals surface area contributed by atoms with Gasteiger partial charge in [0.1, 0.15) is 42.6 Å². The van der Waals surface area contributed by atoms with Crippen molar-refractivity contribution >= 4 is 63.6 Å². The Morgan fingerprint density at radius 2 is 1.47 bits per heavy atom. The predicted molar refractivity (Wildman–Crippen MR) is 160 cm³/mol. The summed E-state index contributed by atoms with van der Waals surface area (Å²) in [5.41, 5.74) is 0. The zero-order valence-electron chi connectivity index (χ0n) is 27.7. The Labute approximate surface area is 288 Å². The van der Waals surface area contributed by atoms with Crippen LogP contribution >= 0.6 is 15.9 Å². The number of hydrogen-bond donors (Lipinski definition) is 2. The second-order valence-electron chi connectivity index (χ2n) is 11.4. The Morgan fingerprint density at radius 3 is 2.00 bits per heavy atom. The summed E-state index contributed by atoms with van der Waals surface area (Å²) in [6.07, 6.45) is -10.8. The summed E-state index contributed by atoms with van der Waals surface area (Å²) in [6, 6.07) is -2.43. The summed E-state index contributed by atoms with van der Waals surface area (Å²) < 4.78 is 50.7. The average Bonchev–Trinajstić information content (AvgIpc) is 2.96. The summed E-state index contributed by atoms with van der Waals surface area (Å²) in [7, 11) is 0. The van der Waals surface area contributed by atoms with Crippen LogP contribution in [0.4, 0.5) is 0 Å². The lowest BCUT2D eigenvalue weighted by Gasteiger charge is -2.55. The van der Waals surface area contributed by atoms with Crippen molar-refractivity contribution in [2.75, 3.05) is 13.2 Å². The van der Waals surface area contributed by atoms with Crippen molar-refractivity contribution in [3.8, 4) is 0 Å². The van der Waals surface area contributed by atoms with Gasteiger partial charge in [-0.1, -0.05) is 15.9 Å². The molecule has 2 amide bonds. The molecular formula is C29H39BrN2O17. The fourth-order valence-corrected chi connectivity index (χ4v) is 6.43. The lowest BCUT2D eigenvalue weighted by atomic mass is 9.86. The zero-order chi connectivity index (χ0) is 36.8. The van der Waals surface area contributed by atoms with E-state index < -0.39 is 126 Å². The maximum Gasteiger partial charge on any atom is 0.303 e. The van der Waals surface area contributed by atoms with Crippen molar-refractivity contribution in [2.45, 2.75) is 120 Å². The zero-order valence-corrected chi connectivity index (χ0v) is 29.3. The maximum absolute atomic E-state index is 14.0. The second kappa shape index (κ2) is 16.7. The number of alkyl halides is 1. The number of carbonyl (C=O) groups is 8. The third-order valence-corrected chi connectivity index (χ3v) is 8.14. The molecule has 0 aromatic carbocycles. The molecule has 3 aliphatic rings. The fourth-order valence-electron chi connectivity index (χ4n) is 5.72. The Balaban J connectivity index is 2.19. The molecule has 0 bridgehead atoms. The SMILES string of the molecule is CC(=O)N[C@@H]1[C@@H]([C@H](OC(C)=O)[C@@H](COC(C)=O)OC(C)=O)O[C@]2(C[C@H]1OC(C)=O)O[C@@H]1[C@@H](NC2=O)[C@@H](Br)O[C@H](COC(C)=O)[C@@H]1OC(C)=O. The number of esters is 6. The van der Waals surface area contributed by atoms with E-state index in [0.29, 0.717) is 0 Å². The first-order valence-electron chi connectivity index (χ1n) is 15.0. The van der Waals surface area contributed by atoms with Gasteiger partial charge >= 0.3 is 35.8 Å². The van der Waals surface area contributed by atoms with Gasteiger partial charge in [-0.15, -0.1) is 0 Å². The van der Waals surface area contributed by atoms with Gasteiger partial charge in [0, 0.05) is 48.5 Å². The molecule has 19 nitrogen and oxygen atoms in total. The van der Waals surface area contributed by atoms with Gasteiger partial charge in [0.15, 0.2) is 18.3 Å². The third-order valence-electron chi connectivity index (χ3n) is 7.35. The van der Waals surface area contributed by atoms with E-state index in [4.69, 9.17) is 42.6 Å². The molecule has 3 heterocycles. The average molecular weight is 768 g/mol. The lowest BCUT2D eigenvalue weighted by Crippen LogP contribution is -2.77. The van der Waals surface area contributed by atoms with Gasteiger partial charge in [-0.05, 0) is 0 Å². The lowest BCUT2D eigenvalue weighted by molar-refractivity contribution is -0.347. The molecule has 0 radical (unpaired) electrons. The Hall–Kier alpha value is -3.88. The molecule has 49 heavy (non-hydrogen) atoms. The van der Waals surface area contributed by atoms with Crippen LogP contribution < -0.4 is 10.6 Å². The smallest absolute Gasteiger partial charge is 0.303 e. The summed E-state index contributed by atoms with van der Waals surface area (Å²) >= 11 is 3.32. The van der Waals surface area contributed by atoms with Crippen molar-refractivity contribution in [2.24, 2.45) is 0 Å². The largest absolute Gasteiger partial charge is 0.463 e. The van der Waals surface area contributed by atoms with Crippen molar-refractivity contribution in [3.05, 3.63) is 0 Å². The molecular weight excluding hydrogens is 728 g/mol. The first kappa shape index (κ1) is 39.6. The summed E-state index contributed by atoms with van der Waals surface area (Å²) in [4.78, 5) is 99.0. The number of amides is 2. The number of carbonyl (C=O) groups excluding carboxylic acids is 8. The minimum absolute atomic E-state index is 0.387. The quantitative estimate of drug-likeness (QED) is 0.143. The van der Waals surface area contributed by atoms with E-state index >= 15 is 0 Å². The molecule has 20 heteroatoms. The molecule has 0 aromatic rings.